The highest BCUT2D eigenvalue weighted by Gasteiger charge is 2.35. The molecular weight excluding hydrogens is 262 g/mol. The van der Waals surface area contributed by atoms with Crippen molar-refractivity contribution in [3.8, 4) is 0 Å². The van der Waals surface area contributed by atoms with Gasteiger partial charge in [-0.25, -0.2) is 0 Å². The van der Waals surface area contributed by atoms with Crippen LogP contribution in [0.25, 0.3) is 0 Å². The summed E-state index contributed by atoms with van der Waals surface area (Å²) in [5, 5.41) is 3.58. The molecule has 0 fully saturated rings. The Balaban J connectivity index is 2.12. The molecule has 1 aromatic rings. The molecule has 1 aromatic carbocycles. The van der Waals surface area contributed by atoms with Gasteiger partial charge < -0.3 is 14.8 Å². The Morgan fingerprint density at radius 2 is 2.10 bits per heavy atom. The first-order chi connectivity index (χ1) is 10.3. The van der Waals surface area contributed by atoms with E-state index in [-0.39, 0.29) is 5.41 Å². The average Bonchev–Trinajstić information content (AvgIpc) is 2.52. The van der Waals surface area contributed by atoms with Crippen LogP contribution in [-0.4, -0.2) is 40.0 Å². The fourth-order valence-corrected chi connectivity index (χ4v) is 3.45. The Labute approximate surface area is 129 Å². The van der Waals surface area contributed by atoms with Crippen molar-refractivity contribution in [1.82, 2.24) is 5.32 Å². The number of hydrogen-bond acceptors (Lipinski definition) is 3. The van der Waals surface area contributed by atoms with Gasteiger partial charge in [-0.15, -0.1) is 0 Å². The number of benzene rings is 1. The van der Waals surface area contributed by atoms with E-state index in [1.807, 2.05) is 0 Å². The predicted octanol–water partition coefficient (Wildman–Crippen LogP) is 2.92. The van der Waals surface area contributed by atoms with Gasteiger partial charge in [0.2, 0.25) is 0 Å². The maximum atomic E-state index is 5.65. The molecule has 1 atom stereocenters. The van der Waals surface area contributed by atoms with Crippen molar-refractivity contribution >= 4 is 0 Å². The fourth-order valence-electron chi connectivity index (χ4n) is 3.45. The molecule has 1 aliphatic carbocycles. The summed E-state index contributed by atoms with van der Waals surface area (Å²) in [5.74, 6) is 0. The van der Waals surface area contributed by atoms with Crippen LogP contribution in [0.2, 0.25) is 0 Å². The third-order valence-corrected chi connectivity index (χ3v) is 4.57. The first-order valence-corrected chi connectivity index (χ1v) is 8.18. The topological polar surface area (TPSA) is 30.5 Å². The first kappa shape index (κ1) is 16.5. The molecular formula is C18H29NO2. The maximum Gasteiger partial charge on any atom is 0.0587 e. The molecule has 118 valence electrons. The van der Waals surface area contributed by atoms with Crippen LogP contribution >= 0.6 is 0 Å². The van der Waals surface area contributed by atoms with Crippen LogP contribution in [0, 0.1) is 0 Å². The molecule has 0 radical (unpaired) electrons. The van der Waals surface area contributed by atoms with E-state index in [0.29, 0.717) is 0 Å². The number of fused-ring (bicyclic) bond motifs is 1. The Morgan fingerprint density at radius 3 is 2.90 bits per heavy atom. The quantitative estimate of drug-likeness (QED) is 0.710. The summed E-state index contributed by atoms with van der Waals surface area (Å²) in [7, 11) is 1.75. The number of methoxy groups -OCH3 is 1. The standard InChI is InChI=1S/C18H29NO2/c1-3-21-13-11-18(15-19-12-14-20-2)10-6-8-16-7-4-5-9-17(16)18/h4-5,7,9,19H,3,6,8,10-15H2,1-2H3. The van der Waals surface area contributed by atoms with Crippen LogP contribution in [0.5, 0.6) is 0 Å². The largest absolute Gasteiger partial charge is 0.383 e. The van der Waals surface area contributed by atoms with Crippen molar-refractivity contribution in [2.45, 2.75) is 38.0 Å². The number of rotatable bonds is 9. The third-order valence-electron chi connectivity index (χ3n) is 4.57. The summed E-state index contributed by atoms with van der Waals surface area (Å²) in [6, 6.07) is 8.95. The molecule has 0 bridgehead atoms. The normalized spacial score (nSPS) is 21.2. The lowest BCUT2D eigenvalue weighted by atomic mass is 9.68. The van der Waals surface area contributed by atoms with Crippen molar-refractivity contribution in [3.63, 3.8) is 0 Å². The summed E-state index contributed by atoms with van der Waals surface area (Å²) in [6.45, 7) is 6.41. The van der Waals surface area contributed by atoms with Crippen molar-refractivity contribution in [3.05, 3.63) is 35.4 Å². The van der Waals surface area contributed by atoms with E-state index in [9.17, 15) is 0 Å². The van der Waals surface area contributed by atoms with Gasteiger partial charge in [-0.1, -0.05) is 24.3 Å². The Morgan fingerprint density at radius 1 is 1.24 bits per heavy atom. The van der Waals surface area contributed by atoms with E-state index in [1.165, 1.54) is 30.4 Å². The van der Waals surface area contributed by atoms with E-state index >= 15 is 0 Å². The van der Waals surface area contributed by atoms with Crippen LogP contribution in [-0.2, 0) is 21.3 Å². The lowest BCUT2D eigenvalue weighted by Gasteiger charge is -2.40. The third kappa shape index (κ3) is 4.29. The summed E-state index contributed by atoms with van der Waals surface area (Å²) in [6.07, 6.45) is 4.83. The highest BCUT2D eigenvalue weighted by atomic mass is 16.5. The van der Waals surface area contributed by atoms with Gasteiger partial charge in [0.15, 0.2) is 0 Å². The average molecular weight is 291 g/mol. The van der Waals surface area contributed by atoms with Crippen molar-refractivity contribution in [2.24, 2.45) is 0 Å². The van der Waals surface area contributed by atoms with Crippen LogP contribution in [0.15, 0.2) is 24.3 Å². The molecule has 1 aliphatic rings. The zero-order chi connectivity index (χ0) is 15.0. The van der Waals surface area contributed by atoms with E-state index in [4.69, 9.17) is 9.47 Å². The van der Waals surface area contributed by atoms with E-state index in [1.54, 1.807) is 7.11 Å². The number of ether oxygens (including phenoxy) is 2. The second-order valence-corrected chi connectivity index (χ2v) is 5.91. The predicted molar refractivity (Wildman–Crippen MR) is 86.9 cm³/mol. The van der Waals surface area contributed by atoms with E-state index in [0.717, 1.165) is 39.3 Å². The molecule has 0 amide bonds. The molecule has 0 aliphatic heterocycles. The van der Waals surface area contributed by atoms with Crippen LogP contribution in [0.3, 0.4) is 0 Å². The Hall–Kier alpha value is -0.900. The van der Waals surface area contributed by atoms with Gasteiger partial charge >= 0.3 is 0 Å². The molecule has 3 heteroatoms. The molecule has 3 nitrogen and oxygen atoms in total. The summed E-state index contributed by atoms with van der Waals surface area (Å²) in [5.41, 5.74) is 3.27. The van der Waals surface area contributed by atoms with Gasteiger partial charge in [0.1, 0.15) is 0 Å². The summed E-state index contributed by atoms with van der Waals surface area (Å²) in [4.78, 5) is 0. The minimum atomic E-state index is 0.220. The lowest BCUT2D eigenvalue weighted by molar-refractivity contribution is 0.118. The van der Waals surface area contributed by atoms with E-state index < -0.39 is 0 Å². The van der Waals surface area contributed by atoms with Crippen LogP contribution in [0.4, 0.5) is 0 Å². The molecule has 0 saturated carbocycles. The van der Waals surface area contributed by atoms with E-state index in [2.05, 4.69) is 36.5 Å². The molecule has 2 rings (SSSR count). The Kier molecular flexibility index (Phi) is 6.68. The van der Waals surface area contributed by atoms with Crippen LogP contribution in [0.1, 0.15) is 37.3 Å². The lowest BCUT2D eigenvalue weighted by Crippen LogP contribution is -2.42. The fraction of sp³-hybridized carbons (Fsp3) is 0.667. The number of hydrogen-bond donors (Lipinski definition) is 1. The summed E-state index contributed by atoms with van der Waals surface area (Å²) >= 11 is 0. The zero-order valence-corrected chi connectivity index (χ0v) is 13.5. The van der Waals surface area contributed by atoms with Gasteiger partial charge in [0, 0.05) is 38.8 Å². The van der Waals surface area contributed by atoms with Crippen LogP contribution < -0.4 is 5.32 Å². The molecule has 1 N–H and O–H groups in total. The SMILES string of the molecule is CCOCCC1(CNCCOC)CCCc2ccccc21. The minimum absolute atomic E-state index is 0.220. The van der Waals surface area contributed by atoms with Gasteiger partial charge in [-0.2, -0.15) is 0 Å². The van der Waals surface area contributed by atoms with Gasteiger partial charge in [0.25, 0.3) is 0 Å². The Bertz CT molecular complexity index is 421. The molecule has 1 unspecified atom stereocenters. The van der Waals surface area contributed by atoms with Gasteiger partial charge in [0.05, 0.1) is 6.61 Å². The van der Waals surface area contributed by atoms with Crippen molar-refractivity contribution < 1.29 is 9.47 Å². The van der Waals surface area contributed by atoms with Crippen molar-refractivity contribution in [2.75, 3.05) is 40.0 Å². The van der Waals surface area contributed by atoms with Gasteiger partial charge in [-0.3, -0.25) is 0 Å². The zero-order valence-electron chi connectivity index (χ0n) is 13.5. The minimum Gasteiger partial charge on any atom is -0.383 e. The maximum absolute atomic E-state index is 5.65. The highest BCUT2D eigenvalue weighted by molar-refractivity contribution is 5.37. The molecule has 21 heavy (non-hydrogen) atoms. The smallest absolute Gasteiger partial charge is 0.0587 e. The number of nitrogens with one attached hydrogen (secondary N) is 1. The monoisotopic (exact) mass is 291 g/mol. The molecule has 0 spiro atoms. The first-order valence-electron chi connectivity index (χ1n) is 8.18. The second-order valence-electron chi connectivity index (χ2n) is 5.91. The molecule has 0 heterocycles. The highest BCUT2D eigenvalue weighted by Crippen LogP contribution is 2.39. The van der Waals surface area contributed by atoms with Gasteiger partial charge in [-0.05, 0) is 43.7 Å². The molecule has 0 saturated heterocycles. The van der Waals surface area contributed by atoms with Crippen molar-refractivity contribution in [1.29, 1.82) is 0 Å². The molecule has 0 aromatic heterocycles. The summed E-state index contributed by atoms with van der Waals surface area (Å²) < 4.78 is 10.8. The number of aryl methyl sites for hydroxylation is 1. The second kappa shape index (κ2) is 8.52.